The molecular weight excluding hydrogens is 514 g/mol. The van der Waals surface area contributed by atoms with E-state index in [2.05, 4.69) is 42.4 Å². The molecule has 36 heavy (non-hydrogen) atoms. The molecule has 1 N–H and O–H groups in total. The summed E-state index contributed by atoms with van der Waals surface area (Å²) >= 11 is 9.06. The molecule has 10 heteroatoms. The third kappa shape index (κ3) is 5.41. The molecule has 4 rings (SSSR count). The number of fused-ring (bicyclic) bond motifs is 1. The molecule has 0 saturated heterocycles. The van der Waals surface area contributed by atoms with Crippen LogP contribution < -0.4 is 10.1 Å². The molecule has 190 valence electrons. The van der Waals surface area contributed by atoms with E-state index in [0.29, 0.717) is 44.8 Å². The maximum Gasteiger partial charge on any atom is 0.235 e. The fourth-order valence-electron chi connectivity index (χ4n) is 4.56. The second-order valence-electron chi connectivity index (χ2n) is 9.86. The van der Waals surface area contributed by atoms with Gasteiger partial charge in [-0.25, -0.2) is 0 Å². The molecule has 1 aliphatic carbocycles. The van der Waals surface area contributed by atoms with Gasteiger partial charge in [0.05, 0.1) is 24.0 Å². The van der Waals surface area contributed by atoms with Gasteiger partial charge in [-0.15, -0.1) is 21.5 Å². The number of thiophene rings is 1. The van der Waals surface area contributed by atoms with Crippen molar-refractivity contribution in [1.29, 1.82) is 5.26 Å². The van der Waals surface area contributed by atoms with E-state index in [4.69, 9.17) is 16.3 Å². The highest BCUT2D eigenvalue weighted by Gasteiger charge is 2.32. The largest absolute Gasteiger partial charge is 0.496 e. The zero-order valence-electron chi connectivity index (χ0n) is 21.1. The van der Waals surface area contributed by atoms with Gasteiger partial charge < -0.3 is 14.6 Å². The number of aromatic nitrogens is 3. The number of carbonyl (C=O) groups excluding carboxylic acids is 1. The van der Waals surface area contributed by atoms with E-state index < -0.39 is 0 Å². The average molecular weight is 544 g/mol. The van der Waals surface area contributed by atoms with Gasteiger partial charge in [-0.3, -0.25) is 4.79 Å². The van der Waals surface area contributed by atoms with Gasteiger partial charge in [0, 0.05) is 16.4 Å². The maximum absolute atomic E-state index is 12.9. The highest BCUT2D eigenvalue weighted by molar-refractivity contribution is 7.99. The lowest BCUT2D eigenvalue weighted by molar-refractivity contribution is -0.113. The number of nitrogens with zero attached hydrogens (tertiary/aromatic N) is 4. The topological polar surface area (TPSA) is 92.8 Å². The predicted molar refractivity (Wildman–Crippen MR) is 146 cm³/mol. The zero-order chi connectivity index (χ0) is 26.0. The van der Waals surface area contributed by atoms with E-state index in [1.807, 2.05) is 11.5 Å². The molecule has 0 aliphatic heterocycles. The summed E-state index contributed by atoms with van der Waals surface area (Å²) in [4.78, 5) is 14.1. The van der Waals surface area contributed by atoms with Crippen LogP contribution in [-0.4, -0.2) is 33.5 Å². The molecule has 1 atom stereocenters. The summed E-state index contributed by atoms with van der Waals surface area (Å²) in [5.41, 5.74) is 2.69. The van der Waals surface area contributed by atoms with Gasteiger partial charge in [-0.05, 0) is 61.3 Å². The van der Waals surface area contributed by atoms with Crippen LogP contribution in [0.1, 0.15) is 50.1 Å². The molecule has 3 aromatic rings. The van der Waals surface area contributed by atoms with Crippen LogP contribution in [0.2, 0.25) is 5.02 Å². The second-order valence-corrected chi connectivity index (χ2v) is 12.3. The summed E-state index contributed by atoms with van der Waals surface area (Å²) in [6, 6.07) is 7.68. The minimum atomic E-state index is -0.171. The smallest absolute Gasteiger partial charge is 0.235 e. The summed E-state index contributed by atoms with van der Waals surface area (Å²) in [6.45, 7) is 9.42. The molecule has 0 radical (unpaired) electrons. The molecule has 7 nitrogen and oxygen atoms in total. The first-order chi connectivity index (χ1) is 17.2. The van der Waals surface area contributed by atoms with E-state index in [0.717, 1.165) is 30.4 Å². The molecule has 1 amide bonds. The minimum absolute atomic E-state index is 0.156. The number of nitriles is 1. The summed E-state index contributed by atoms with van der Waals surface area (Å²) in [7, 11) is 1.60. The third-order valence-electron chi connectivity index (χ3n) is 6.62. The van der Waals surface area contributed by atoms with E-state index in [9.17, 15) is 10.1 Å². The first-order valence-corrected chi connectivity index (χ1v) is 14.1. The van der Waals surface area contributed by atoms with Crippen LogP contribution in [-0.2, 0) is 24.2 Å². The van der Waals surface area contributed by atoms with Crippen molar-refractivity contribution in [3.8, 4) is 23.2 Å². The molecule has 0 fully saturated rings. The number of hydrogen-bond donors (Lipinski definition) is 1. The molecule has 2 heterocycles. The number of benzene rings is 1. The molecule has 2 aromatic heterocycles. The second kappa shape index (κ2) is 10.8. The number of carbonyl (C=O) groups is 1. The molecule has 0 bridgehead atoms. The molecule has 1 aliphatic rings. The van der Waals surface area contributed by atoms with Crippen molar-refractivity contribution >= 4 is 45.6 Å². The summed E-state index contributed by atoms with van der Waals surface area (Å²) in [6.07, 6.45) is 2.91. The van der Waals surface area contributed by atoms with Crippen molar-refractivity contribution in [2.45, 2.75) is 58.7 Å². The Morgan fingerprint density at radius 3 is 2.83 bits per heavy atom. The van der Waals surface area contributed by atoms with Gasteiger partial charge in [-0.1, -0.05) is 44.1 Å². The van der Waals surface area contributed by atoms with Gasteiger partial charge >= 0.3 is 0 Å². The Morgan fingerprint density at radius 2 is 2.17 bits per heavy atom. The van der Waals surface area contributed by atoms with Gasteiger partial charge in [0.25, 0.3) is 0 Å². The van der Waals surface area contributed by atoms with Crippen LogP contribution in [0.3, 0.4) is 0 Å². The fraction of sp³-hybridized carbons (Fsp3) is 0.462. The van der Waals surface area contributed by atoms with E-state index in [1.165, 1.54) is 16.6 Å². The number of rotatable bonds is 7. The number of methoxy groups -OCH3 is 1. The van der Waals surface area contributed by atoms with E-state index in [-0.39, 0.29) is 17.1 Å². The van der Waals surface area contributed by atoms with E-state index >= 15 is 0 Å². The Morgan fingerprint density at radius 1 is 1.39 bits per heavy atom. The standard InChI is InChI=1S/C26H30ClN5O2S2/c1-6-32-23(18-12-16(27)8-10-20(18)34-5)30-31-25(32)35-14-22(33)29-24-19(13-28)17-9-7-15(26(2,3)4)11-21(17)36-24/h8,10,12,15H,6-7,9,11,14H2,1-5H3,(H,29,33)/t15-/m0/s1. The Kier molecular flexibility index (Phi) is 7.98. The van der Waals surface area contributed by atoms with Gasteiger partial charge in [-0.2, -0.15) is 5.26 Å². The lowest BCUT2D eigenvalue weighted by atomic mass is 9.72. The molecule has 1 aromatic carbocycles. The number of hydrogen-bond acceptors (Lipinski definition) is 7. The van der Waals surface area contributed by atoms with Gasteiger partial charge in [0.2, 0.25) is 5.91 Å². The summed E-state index contributed by atoms with van der Waals surface area (Å²) in [5, 5.41) is 23.3. The van der Waals surface area contributed by atoms with Crippen molar-refractivity contribution in [2.24, 2.45) is 11.3 Å². The van der Waals surface area contributed by atoms with Crippen molar-refractivity contribution in [3.05, 3.63) is 39.2 Å². The number of thioether (sulfide) groups is 1. The van der Waals surface area contributed by atoms with Crippen molar-refractivity contribution < 1.29 is 9.53 Å². The minimum Gasteiger partial charge on any atom is -0.496 e. The molecular formula is C26H30ClN5O2S2. The number of halogens is 1. The van der Waals surface area contributed by atoms with Crippen LogP contribution >= 0.6 is 34.7 Å². The third-order valence-corrected chi connectivity index (χ3v) is 8.99. The quantitative estimate of drug-likeness (QED) is 0.344. The van der Waals surface area contributed by atoms with Crippen molar-refractivity contribution in [2.75, 3.05) is 18.2 Å². The SMILES string of the molecule is CCn1c(SCC(=O)Nc2sc3c(c2C#N)CC[C@H](C(C)(C)C)C3)nnc1-c1cc(Cl)ccc1OC. The summed E-state index contributed by atoms with van der Waals surface area (Å²) in [5.74, 6) is 1.83. The fourth-order valence-corrected chi connectivity index (χ4v) is 6.83. The number of amides is 1. The zero-order valence-corrected chi connectivity index (χ0v) is 23.5. The maximum atomic E-state index is 12.9. The first kappa shape index (κ1) is 26.5. The number of nitrogens with one attached hydrogen (secondary N) is 1. The van der Waals surface area contributed by atoms with Gasteiger partial charge in [0.1, 0.15) is 16.8 Å². The van der Waals surface area contributed by atoms with Crippen LogP contribution in [0.4, 0.5) is 5.00 Å². The number of anilines is 1. The highest BCUT2D eigenvalue weighted by Crippen LogP contribution is 2.44. The van der Waals surface area contributed by atoms with Crippen molar-refractivity contribution in [1.82, 2.24) is 14.8 Å². The lowest BCUT2D eigenvalue weighted by Gasteiger charge is -2.33. The predicted octanol–water partition coefficient (Wildman–Crippen LogP) is 6.44. The van der Waals surface area contributed by atoms with Crippen LogP contribution in [0.5, 0.6) is 5.75 Å². The highest BCUT2D eigenvalue weighted by atomic mass is 35.5. The van der Waals surface area contributed by atoms with Gasteiger partial charge in [0.15, 0.2) is 11.0 Å². The Bertz CT molecular complexity index is 1320. The Labute approximate surface area is 225 Å². The first-order valence-electron chi connectivity index (χ1n) is 11.9. The number of ether oxygens (including phenoxy) is 1. The normalized spacial score (nSPS) is 15.3. The Balaban J connectivity index is 1.48. The Hall–Kier alpha value is -2.54. The molecule has 0 unspecified atom stereocenters. The molecule has 0 saturated carbocycles. The monoisotopic (exact) mass is 543 g/mol. The summed E-state index contributed by atoms with van der Waals surface area (Å²) < 4.78 is 7.41. The average Bonchev–Trinajstić information content (AvgIpc) is 3.41. The molecule has 0 spiro atoms. The van der Waals surface area contributed by atoms with Crippen LogP contribution in [0.25, 0.3) is 11.4 Å². The van der Waals surface area contributed by atoms with Crippen molar-refractivity contribution in [3.63, 3.8) is 0 Å². The van der Waals surface area contributed by atoms with Crippen LogP contribution in [0, 0.1) is 22.7 Å². The van der Waals surface area contributed by atoms with Crippen LogP contribution in [0.15, 0.2) is 23.4 Å². The van der Waals surface area contributed by atoms with E-state index in [1.54, 1.807) is 36.6 Å². The lowest BCUT2D eigenvalue weighted by Crippen LogP contribution is -2.26.